The standard InChI is InChI=1S/C23H22ClN3O3S/c1-13-6-9-15(12-18(13)24)25-22(29)17-4-3-5-19-20(17)26-23(31-19)27-21(28)14-7-10-16(30-2)11-8-14/h6-12,17H,3-5H2,1-2H3,(H,25,29)(H,26,27,28). The van der Waals surface area contributed by atoms with Crippen molar-refractivity contribution >= 4 is 45.6 Å². The Morgan fingerprint density at radius 2 is 1.94 bits per heavy atom. The van der Waals surface area contributed by atoms with Crippen LogP contribution in [0.4, 0.5) is 10.8 Å². The number of rotatable bonds is 5. The molecule has 8 heteroatoms. The molecular weight excluding hydrogens is 434 g/mol. The molecule has 0 saturated heterocycles. The Balaban J connectivity index is 1.49. The molecule has 0 radical (unpaired) electrons. The molecule has 31 heavy (non-hydrogen) atoms. The zero-order valence-electron chi connectivity index (χ0n) is 17.2. The maximum absolute atomic E-state index is 13.0. The molecule has 0 spiro atoms. The lowest BCUT2D eigenvalue weighted by Crippen LogP contribution is -2.24. The highest BCUT2D eigenvalue weighted by Crippen LogP contribution is 2.37. The number of hydrogen-bond acceptors (Lipinski definition) is 5. The minimum absolute atomic E-state index is 0.112. The van der Waals surface area contributed by atoms with Crippen LogP contribution < -0.4 is 15.4 Å². The van der Waals surface area contributed by atoms with E-state index in [2.05, 4.69) is 15.6 Å². The summed E-state index contributed by atoms with van der Waals surface area (Å²) in [5, 5.41) is 6.92. The van der Waals surface area contributed by atoms with Crippen LogP contribution in [0.15, 0.2) is 42.5 Å². The Kier molecular flexibility index (Phi) is 6.25. The van der Waals surface area contributed by atoms with Crippen LogP contribution in [0.2, 0.25) is 5.02 Å². The van der Waals surface area contributed by atoms with Crippen molar-refractivity contribution in [1.29, 1.82) is 0 Å². The van der Waals surface area contributed by atoms with Crippen LogP contribution >= 0.6 is 22.9 Å². The highest BCUT2D eigenvalue weighted by Gasteiger charge is 2.30. The Bertz CT molecular complexity index is 1130. The highest BCUT2D eigenvalue weighted by molar-refractivity contribution is 7.16. The van der Waals surface area contributed by atoms with Gasteiger partial charge < -0.3 is 10.1 Å². The van der Waals surface area contributed by atoms with E-state index in [1.807, 2.05) is 19.1 Å². The number of amides is 2. The average molecular weight is 456 g/mol. The number of halogens is 1. The SMILES string of the molecule is COc1ccc(C(=O)Nc2nc3c(s2)CCCC3C(=O)Nc2ccc(C)c(Cl)c2)cc1. The predicted molar refractivity (Wildman–Crippen MR) is 124 cm³/mol. The highest BCUT2D eigenvalue weighted by atomic mass is 35.5. The first-order valence-electron chi connectivity index (χ1n) is 9.96. The third-order valence-electron chi connectivity index (χ3n) is 5.28. The van der Waals surface area contributed by atoms with Gasteiger partial charge in [-0.3, -0.25) is 14.9 Å². The van der Waals surface area contributed by atoms with Gasteiger partial charge in [-0.2, -0.15) is 0 Å². The minimum atomic E-state index is -0.355. The predicted octanol–water partition coefficient (Wildman–Crippen LogP) is 5.42. The Morgan fingerprint density at radius 3 is 2.65 bits per heavy atom. The third-order valence-corrected chi connectivity index (χ3v) is 6.74. The number of hydrogen-bond donors (Lipinski definition) is 2. The lowest BCUT2D eigenvalue weighted by atomic mass is 9.90. The van der Waals surface area contributed by atoms with Crippen LogP contribution in [0.3, 0.4) is 0 Å². The van der Waals surface area contributed by atoms with Crippen LogP contribution in [0.1, 0.15) is 45.3 Å². The van der Waals surface area contributed by atoms with Crippen LogP contribution in [0.25, 0.3) is 0 Å². The van der Waals surface area contributed by atoms with Crippen molar-refractivity contribution in [3.05, 3.63) is 69.2 Å². The molecule has 6 nitrogen and oxygen atoms in total. The third kappa shape index (κ3) is 4.73. The van der Waals surface area contributed by atoms with E-state index in [4.69, 9.17) is 16.3 Å². The number of aromatic nitrogens is 1. The molecule has 1 atom stereocenters. The average Bonchev–Trinajstić information content (AvgIpc) is 3.18. The first kappa shape index (κ1) is 21.3. The fourth-order valence-electron chi connectivity index (χ4n) is 3.54. The summed E-state index contributed by atoms with van der Waals surface area (Å²) < 4.78 is 5.12. The van der Waals surface area contributed by atoms with E-state index in [-0.39, 0.29) is 17.7 Å². The monoisotopic (exact) mass is 455 g/mol. The lowest BCUT2D eigenvalue weighted by Gasteiger charge is -2.20. The number of aryl methyl sites for hydroxylation is 2. The number of methoxy groups -OCH3 is 1. The zero-order chi connectivity index (χ0) is 22.0. The van der Waals surface area contributed by atoms with Crippen LogP contribution in [-0.4, -0.2) is 23.9 Å². The quantitative estimate of drug-likeness (QED) is 0.538. The molecule has 1 heterocycles. The smallest absolute Gasteiger partial charge is 0.257 e. The maximum atomic E-state index is 13.0. The molecule has 0 aliphatic heterocycles. The Hall–Kier alpha value is -2.90. The van der Waals surface area contributed by atoms with Gasteiger partial charge in [-0.05, 0) is 68.1 Å². The zero-order valence-corrected chi connectivity index (χ0v) is 18.8. The number of fused-ring (bicyclic) bond motifs is 1. The lowest BCUT2D eigenvalue weighted by molar-refractivity contribution is -0.117. The number of nitrogens with zero attached hydrogens (tertiary/aromatic N) is 1. The van der Waals surface area contributed by atoms with Gasteiger partial charge in [0.25, 0.3) is 5.91 Å². The van der Waals surface area contributed by atoms with Crippen molar-refractivity contribution in [1.82, 2.24) is 4.98 Å². The molecule has 1 aliphatic carbocycles. The molecule has 2 amide bonds. The van der Waals surface area contributed by atoms with Crippen molar-refractivity contribution in [3.8, 4) is 5.75 Å². The molecule has 0 fully saturated rings. The normalized spacial score (nSPS) is 15.1. The second-order valence-corrected chi connectivity index (χ2v) is 8.90. The van der Waals surface area contributed by atoms with Gasteiger partial charge in [0.15, 0.2) is 5.13 Å². The van der Waals surface area contributed by atoms with Crippen LogP contribution in [0, 0.1) is 6.92 Å². The largest absolute Gasteiger partial charge is 0.497 e. The second-order valence-electron chi connectivity index (χ2n) is 7.41. The molecular formula is C23H22ClN3O3S. The second kappa shape index (κ2) is 9.08. The summed E-state index contributed by atoms with van der Waals surface area (Å²) >= 11 is 7.60. The fourth-order valence-corrected chi connectivity index (χ4v) is 4.78. The summed E-state index contributed by atoms with van der Waals surface area (Å²) in [6.45, 7) is 1.92. The van der Waals surface area contributed by atoms with Gasteiger partial charge in [-0.25, -0.2) is 4.98 Å². The van der Waals surface area contributed by atoms with Gasteiger partial charge in [0, 0.05) is 21.2 Å². The number of nitrogens with one attached hydrogen (secondary N) is 2. The van der Waals surface area contributed by atoms with Crippen molar-refractivity contribution in [2.45, 2.75) is 32.1 Å². The molecule has 1 aromatic heterocycles. The van der Waals surface area contributed by atoms with E-state index in [0.29, 0.717) is 33.6 Å². The molecule has 2 aromatic carbocycles. The van der Waals surface area contributed by atoms with Crippen LogP contribution in [0.5, 0.6) is 5.75 Å². The Morgan fingerprint density at radius 1 is 1.16 bits per heavy atom. The van der Waals surface area contributed by atoms with Gasteiger partial charge in [0.05, 0.1) is 18.7 Å². The number of thiazole rings is 1. The molecule has 160 valence electrons. The molecule has 1 unspecified atom stereocenters. The summed E-state index contributed by atoms with van der Waals surface area (Å²) in [6, 6.07) is 12.3. The van der Waals surface area contributed by atoms with Crippen molar-refractivity contribution < 1.29 is 14.3 Å². The van der Waals surface area contributed by atoms with E-state index < -0.39 is 0 Å². The van der Waals surface area contributed by atoms with Gasteiger partial charge in [-0.1, -0.05) is 17.7 Å². The first-order chi connectivity index (χ1) is 14.9. The number of carbonyl (C=O) groups is 2. The topological polar surface area (TPSA) is 80.3 Å². The number of anilines is 2. The van der Waals surface area contributed by atoms with Crippen molar-refractivity contribution in [2.24, 2.45) is 0 Å². The van der Waals surface area contributed by atoms with Crippen molar-refractivity contribution in [2.75, 3.05) is 17.7 Å². The summed E-state index contributed by atoms with van der Waals surface area (Å²) in [6.07, 6.45) is 2.47. The molecule has 1 aliphatic rings. The van der Waals surface area contributed by atoms with Gasteiger partial charge in [0.1, 0.15) is 5.75 Å². The number of carbonyl (C=O) groups excluding carboxylic acids is 2. The molecule has 3 aromatic rings. The van der Waals surface area contributed by atoms with Crippen LogP contribution in [-0.2, 0) is 11.2 Å². The van der Waals surface area contributed by atoms with Gasteiger partial charge >= 0.3 is 0 Å². The van der Waals surface area contributed by atoms with E-state index in [9.17, 15) is 9.59 Å². The van der Waals surface area contributed by atoms with E-state index in [1.54, 1.807) is 37.4 Å². The first-order valence-corrected chi connectivity index (χ1v) is 11.2. The van der Waals surface area contributed by atoms with Gasteiger partial charge in [0.2, 0.25) is 5.91 Å². The van der Waals surface area contributed by atoms with E-state index in [0.717, 1.165) is 29.0 Å². The molecule has 0 bridgehead atoms. The molecule has 4 rings (SSSR count). The summed E-state index contributed by atoms with van der Waals surface area (Å²) in [5.41, 5.74) is 2.88. The molecule has 2 N–H and O–H groups in total. The summed E-state index contributed by atoms with van der Waals surface area (Å²) in [5.74, 6) is -0.0278. The fraction of sp³-hybridized carbons (Fsp3) is 0.261. The molecule has 0 saturated carbocycles. The van der Waals surface area contributed by atoms with E-state index in [1.165, 1.54) is 11.3 Å². The Labute approximate surface area is 189 Å². The van der Waals surface area contributed by atoms with Crippen molar-refractivity contribution in [3.63, 3.8) is 0 Å². The maximum Gasteiger partial charge on any atom is 0.257 e. The number of ether oxygens (including phenoxy) is 1. The summed E-state index contributed by atoms with van der Waals surface area (Å²) in [7, 11) is 1.58. The van der Waals surface area contributed by atoms with E-state index >= 15 is 0 Å². The van der Waals surface area contributed by atoms with Gasteiger partial charge in [-0.15, -0.1) is 11.3 Å². The minimum Gasteiger partial charge on any atom is -0.497 e. The number of benzene rings is 2. The summed E-state index contributed by atoms with van der Waals surface area (Å²) in [4.78, 5) is 31.2.